The fourth-order valence-electron chi connectivity index (χ4n) is 4.08. The molecule has 0 fully saturated rings. The molecule has 35 heavy (non-hydrogen) atoms. The smallest absolute Gasteiger partial charge is 0.357 e. The van der Waals surface area contributed by atoms with E-state index >= 15 is 0 Å². The van der Waals surface area contributed by atoms with Crippen molar-refractivity contribution in [1.29, 1.82) is 0 Å². The molecular weight excluding hydrogens is 484 g/mol. The van der Waals surface area contributed by atoms with Gasteiger partial charge in [0.05, 0.1) is 29.8 Å². The lowest BCUT2D eigenvalue weighted by molar-refractivity contribution is 0.0519. The van der Waals surface area contributed by atoms with Crippen LogP contribution in [0.5, 0.6) is 0 Å². The summed E-state index contributed by atoms with van der Waals surface area (Å²) >= 11 is 2.69. The van der Waals surface area contributed by atoms with Gasteiger partial charge in [-0.3, -0.25) is 4.79 Å². The molecule has 0 atom stereocenters. The van der Waals surface area contributed by atoms with Gasteiger partial charge in [-0.1, -0.05) is 30.3 Å². The normalized spacial score (nSPS) is 11.1. The Kier molecular flexibility index (Phi) is 6.19. The van der Waals surface area contributed by atoms with Gasteiger partial charge in [0.25, 0.3) is 0 Å². The fourth-order valence-corrected chi connectivity index (χ4v) is 6.04. The van der Waals surface area contributed by atoms with Crippen molar-refractivity contribution in [1.82, 2.24) is 9.55 Å². The number of aldehydes is 1. The summed E-state index contributed by atoms with van der Waals surface area (Å²) in [7, 11) is 1.35. The van der Waals surface area contributed by atoms with E-state index < -0.39 is 11.9 Å². The zero-order valence-corrected chi connectivity index (χ0v) is 20.6. The fraction of sp³-hybridized carbons (Fsp3) is 0.154. The summed E-state index contributed by atoms with van der Waals surface area (Å²) in [6.07, 6.45) is 0.780. The Hall–Kier alpha value is -3.82. The molecule has 1 aromatic carbocycles. The maximum atomic E-state index is 12.8. The first-order valence-corrected chi connectivity index (χ1v) is 12.5. The van der Waals surface area contributed by atoms with Crippen molar-refractivity contribution in [2.45, 2.75) is 13.5 Å². The third-order valence-corrected chi connectivity index (χ3v) is 7.68. The minimum Gasteiger partial charge on any atom is -0.465 e. The van der Waals surface area contributed by atoms with Crippen LogP contribution in [-0.2, 0) is 16.0 Å². The van der Waals surface area contributed by atoms with Crippen molar-refractivity contribution in [3.05, 3.63) is 75.6 Å². The number of carbonyl (C=O) groups is 3. The minimum atomic E-state index is -0.536. The van der Waals surface area contributed by atoms with Crippen molar-refractivity contribution >= 4 is 62.0 Å². The number of aromatic nitrogens is 2. The van der Waals surface area contributed by atoms with E-state index in [-0.39, 0.29) is 12.3 Å². The predicted octanol–water partition coefficient (Wildman–Crippen LogP) is 5.80. The summed E-state index contributed by atoms with van der Waals surface area (Å²) in [5.41, 5.74) is 2.98. The molecule has 4 heterocycles. The Morgan fingerprint density at radius 2 is 1.91 bits per heavy atom. The van der Waals surface area contributed by atoms with Crippen LogP contribution in [0.1, 0.15) is 43.0 Å². The first-order valence-electron chi connectivity index (χ1n) is 10.8. The zero-order chi connectivity index (χ0) is 24.5. The number of fused-ring (bicyclic) bond motifs is 3. The van der Waals surface area contributed by atoms with Crippen LogP contribution in [-0.4, -0.2) is 41.5 Å². The number of pyridine rings is 1. The standard InChI is InChI=1S/C26H20N2O5S2/c1-3-33-25(30)18-12-19-21(22(27-18)23-16(14-29)9-10-34-23)17-11-20(26(31)32-2)35-24(17)28(19)13-15-7-5-4-6-8-15/h4-12,14H,3,13H2,1-2H3. The van der Waals surface area contributed by atoms with E-state index in [1.165, 1.54) is 29.8 Å². The number of carbonyl (C=O) groups excluding carboxylic acids is 3. The van der Waals surface area contributed by atoms with Crippen molar-refractivity contribution in [3.8, 4) is 10.6 Å². The number of hydrogen-bond acceptors (Lipinski definition) is 8. The van der Waals surface area contributed by atoms with Gasteiger partial charge in [0.2, 0.25) is 0 Å². The average molecular weight is 505 g/mol. The number of nitrogens with zero attached hydrogens (tertiary/aromatic N) is 2. The first-order chi connectivity index (χ1) is 17.0. The van der Waals surface area contributed by atoms with Gasteiger partial charge in [0, 0.05) is 22.9 Å². The lowest BCUT2D eigenvalue weighted by Gasteiger charge is -2.10. The third kappa shape index (κ3) is 4.02. The summed E-state index contributed by atoms with van der Waals surface area (Å²) in [6, 6.07) is 15.2. The highest BCUT2D eigenvalue weighted by Crippen LogP contribution is 2.42. The Labute approximate surface area is 208 Å². The first kappa shape index (κ1) is 22.9. The van der Waals surface area contributed by atoms with E-state index in [9.17, 15) is 14.4 Å². The van der Waals surface area contributed by atoms with Gasteiger partial charge in [-0.05, 0) is 36.1 Å². The SMILES string of the molecule is CCOC(=O)c1cc2c(c(-c3sccc3C=O)n1)c1cc(C(=O)OC)sc1n2Cc1ccccc1. The third-order valence-electron chi connectivity index (χ3n) is 5.61. The van der Waals surface area contributed by atoms with Gasteiger partial charge in [-0.2, -0.15) is 0 Å². The van der Waals surface area contributed by atoms with E-state index in [1.807, 2.05) is 35.7 Å². The molecule has 5 aromatic rings. The number of hydrogen-bond donors (Lipinski definition) is 0. The molecular formula is C26H20N2O5S2. The molecule has 0 spiro atoms. The van der Waals surface area contributed by atoms with Crippen LogP contribution in [0.25, 0.3) is 31.7 Å². The molecule has 0 amide bonds. The molecule has 0 radical (unpaired) electrons. The highest BCUT2D eigenvalue weighted by Gasteiger charge is 2.25. The van der Waals surface area contributed by atoms with E-state index in [4.69, 9.17) is 9.47 Å². The number of esters is 2. The van der Waals surface area contributed by atoms with Gasteiger partial charge < -0.3 is 14.0 Å². The molecule has 0 unspecified atom stereocenters. The molecule has 0 aliphatic rings. The second kappa shape index (κ2) is 9.44. The number of methoxy groups -OCH3 is 1. The van der Waals surface area contributed by atoms with Crippen LogP contribution in [0.15, 0.2) is 53.9 Å². The molecule has 0 saturated heterocycles. The number of benzene rings is 1. The minimum absolute atomic E-state index is 0.159. The summed E-state index contributed by atoms with van der Waals surface area (Å²) in [4.78, 5) is 43.5. The topological polar surface area (TPSA) is 87.5 Å². The summed E-state index contributed by atoms with van der Waals surface area (Å²) in [5.74, 6) is -0.959. The molecule has 5 rings (SSSR count). The summed E-state index contributed by atoms with van der Waals surface area (Å²) in [6.45, 7) is 2.47. The number of thiophene rings is 2. The lowest BCUT2D eigenvalue weighted by Crippen LogP contribution is -2.09. The quantitative estimate of drug-likeness (QED) is 0.206. The Morgan fingerprint density at radius 3 is 2.63 bits per heavy atom. The van der Waals surface area contributed by atoms with Crippen LogP contribution in [0.2, 0.25) is 0 Å². The van der Waals surface area contributed by atoms with Crippen molar-refractivity contribution in [2.75, 3.05) is 13.7 Å². The van der Waals surface area contributed by atoms with Crippen LogP contribution in [0, 0.1) is 0 Å². The van der Waals surface area contributed by atoms with Gasteiger partial charge >= 0.3 is 11.9 Å². The maximum absolute atomic E-state index is 12.8. The molecule has 9 heteroatoms. The van der Waals surface area contributed by atoms with Crippen LogP contribution >= 0.6 is 22.7 Å². The Bertz CT molecular complexity index is 1580. The second-order valence-corrected chi connectivity index (χ2v) is 9.63. The molecule has 0 aliphatic carbocycles. The molecule has 176 valence electrons. The maximum Gasteiger partial charge on any atom is 0.357 e. The van der Waals surface area contributed by atoms with E-state index in [0.717, 1.165) is 33.0 Å². The molecule has 0 bridgehead atoms. The van der Waals surface area contributed by atoms with Gasteiger partial charge in [-0.25, -0.2) is 14.6 Å². The van der Waals surface area contributed by atoms with Gasteiger partial charge in [-0.15, -0.1) is 22.7 Å². The zero-order valence-electron chi connectivity index (χ0n) is 18.9. The predicted molar refractivity (Wildman–Crippen MR) is 137 cm³/mol. The largest absolute Gasteiger partial charge is 0.465 e. The summed E-state index contributed by atoms with van der Waals surface area (Å²) in [5, 5.41) is 3.39. The van der Waals surface area contributed by atoms with Crippen LogP contribution in [0.4, 0.5) is 0 Å². The van der Waals surface area contributed by atoms with Crippen molar-refractivity contribution in [2.24, 2.45) is 0 Å². The lowest BCUT2D eigenvalue weighted by atomic mass is 10.1. The number of rotatable bonds is 7. The molecule has 4 aromatic heterocycles. The highest BCUT2D eigenvalue weighted by atomic mass is 32.1. The molecule has 0 saturated carbocycles. The Balaban J connectivity index is 1.88. The number of ether oxygens (including phenoxy) is 2. The van der Waals surface area contributed by atoms with Crippen LogP contribution < -0.4 is 0 Å². The highest BCUT2D eigenvalue weighted by molar-refractivity contribution is 7.20. The Morgan fingerprint density at radius 1 is 1.11 bits per heavy atom. The summed E-state index contributed by atoms with van der Waals surface area (Å²) < 4.78 is 12.3. The van der Waals surface area contributed by atoms with Gasteiger partial charge in [0.15, 0.2) is 12.0 Å². The van der Waals surface area contributed by atoms with Gasteiger partial charge in [0.1, 0.15) is 9.71 Å². The average Bonchev–Trinajstić information content (AvgIpc) is 3.59. The molecule has 7 nitrogen and oxygen atoms in total. The molecule has 0 aliphatic heterocycles. The van der Waals surface area contributed by atoms with Crippen molar-refractivity contribution in [3.63, 3.8) is 0 Å². The van der Waals surface area contributed by atoms with E-state index in [1.54, 1.807) is 25.1 Å². The van der Waals surface area contributed by atoms with E-state index in [0.29, 0.717) is 27.6 Å². The monoisotopic (exact) mass is 504 g/mol. The van der Waals surface area contributed by atoms with Crippen molar-refractivity contribution < 1.29 is 23.9 Å². The second-order valence-electron chi connectivity index (χ2n) is 7.69. The molecule has 0 N–H and O–H groups in total. The van der Waals surface area contributed by atoms with Crippen LogP contribution in [0.3, 0.4) is 0 Å². The van der Waals surface area contributed by atoms with E-state index in [2.05, 4.69) is 9.55 Å².